The van der Waals surface area contributed by atoms with Gasteiger partial charge in [0, 0.05) is 41.6 Å². The van der Waals surface area contributed by atoms with Crippen molar-refractivity contribution in [3.63, 3.8) is 0 Å². The second kappa shape index (κ2) is 8.02. The van der Waals surface area contributed by atoms with Crippen LogP contribution in [0, 0.1) is 0 Å². The lowest BCUT2D eigenvalue weighted by atomic mass is 10.0. The van der Waals surface area contributed by atoms with Gasteiger partial charge in [0.05, 0.1) is 12.0 Å². The minimum Gasteiger partial charge on any atom is -0.493 e. The first-order valence-corrected chi connectivity index (χ1v) is 10.8. The van der Waals surface area contributed by atoms with Crippen LogP contribution in [0.25, 0.3) is 11.1 Å². The monoisotopic (exact) mass is 430 g/mol. The SMILES string of the molecule is COc1cc(-c2cccnc2)cc2c1OCCN(S(=O)(=O)c1ccc(Cl)cc1)C2. The summed E-state index contributed by atoms with van der Waals surface area (Å²) in [7, 11) is -2.13. The van der Waals surface area contributed by atoms with Gasteiger partial charge in [-0.25, -0.2) is 8.42 Å². The molecule has 0 radical (unpaired) electrons. The molecular weight excluding hydrogens is 412 g/mol. The second-order valence-electron chi connectivity index (χ2n) is 6.55. The van der Waals surface area contributed by atoms with E-state index in [1.54, 1.807) is 31.6 Å². The van der Waals surface area contributed by atoms with E-state index in [1.165, 1.54) is 16.4 Å². The molecule has 4 rings (SSSR count). The summed E-state index contributed by atoms with van der Waals surface area (Å²) >= 11 is 5.90. The number of methoxy groups -OCH3 is 1. The maximum atomic E-state index is 13.2. The van der Waals surface area contributed by atoms with Crippen molar-refractivity contribution in [3.8, 4) is 22.6 Å². The molecule has 3 aromatic rings. The van der Waals surface area contributed by atoms with E-state index in [0.717, 1.165) is 16.7 Å². The lowest BCUT2D eigenvalue weighted by molar-refractivity contribution is 0.279. The van der Waals surface area contributed by atoms with Crippen LogP contribution in [0.1, 0.15) is 5.56 Å². The molecule has 1 aromatic heterocycles. The zero-order valence-corrected chi connectivity index (χ0v) is 17.3. The van der Waals surface area contributed by atoms with E-state index in [2.05, 4.69) is 4.98 Å². The van der Waals surface area contributed by atoms with Crippen molar-refractivity contribution < 1.29 is 17.9 Å². The molecule has 0 spiro atoms. The van der Waals surface area contributed by atoms with Crippen LogP contribution >= 0.6 is 11.6 Å². The fourth-order valence-electron chi connectivity index (χ4n) is 3.27. The molecule has 0 amide bonds. The van der Waals surface area contributed by atoms with Crippen LogP contribution in [0.4, 0.5) is 0 Å². The summed E-state index contributed by atoms with van der Waals surface area (Å²) in [6, 6.07) is 13.7. The largest absolute Gasteiger partial charge is 0.493 e. The number of halogens is 1. The van der Waals surface area contributed by atoms with Gasteiger partial charge < -0.3 is 9.47 Å². The van der Waals surface area contributed by atoms with Gasteiger partial charge in [-0.15, -0.1) is 0 Å². The minimum absolute atomic E-state index is 0.171. The lowest BCUT2D eigenvalue weighted by Crippen LogP contribution is -2.32. The highest BCUT2D eigenvalue weighted by Gasteiger charge is 2.29. The van der Waals surface area contributed by atoms with Crippen molar-refractivity contribution in [2.45, 2.75) is 11.4 Å². The van der Waals surface area contributed by atoms with E-state index in [0.29, 0.717) is 16.5 Å². The molecule has 1 aliphatic rings. The zero-order valence-electron chi connectivity index (χ0n) is 15.7. The maximum absolute atomic E-state index is 13.2. The van der Waals surface area contributed by atoms with Crippen LogP contribution in [0.2, 0.25) is 5.02 Å². The fourth-order valence-corrected chi connectivity index (χ4v) is 4.80. The lowest BCUT2D eigenvalue weighted by Gasteiger charge is -2.20. The molecule has 150 valence electrons. The molecule has 0 saturated carbocycles. The second-order valence-corrected chi connectivity index (χ2v) is 8.92. The summed E-state index contributed by atoms with van der Waals surface area (Å²) < 4.78 is 39.1. The maximum Gasteiger partial charge on any atom is 0.243 e. The quantitative estimate of drug-likeness (QED) is 0.626. The molecule has 0 N–H and O–H groups in total. The molecule has 8 heteroatoms. The van der Waals surface area contributed by atoms with Gasteiger partial charge in [-0.3, -0.25) is 4.98 Å². The number of hydrogen-bond acceptors (Lipinski definition) is 5. The van der Waals surface area contributed by atoms with Crippen molar-refractivity contribution in [2.75, 3.05) is 20.3 Å². The zero-order chi connectivity index (χ0) is 20.4. The Labute approximate surface area is 174 Å². The van der Waals surface area contributed by atoms with Crippen LogP contribution in [0.5, 0.6) is 11.5 Å². The van der Waals surface area contributed by atoms with E-state index >= 15 is 0 Å². The van der Waals surface area contributed by atoms with Crippen LogP contribution in [0.3, 0.4) is 0 Å². The Morgan fingerprint density at radius 3 is 2.62 bits per heavy atom. The molecule has 0 unspecified atom stereocenters. The number of benzene rings is 2. The van der Waals surface area contributed by atoms with Crippen molar-refractivity contribution in [1.82, 2.24) is 9.29 Å². The van der Waals surface area contributed by atoms with E-state index in [1.807, 2.05) is 24.3 Å². The molecule has 6 nitrogen and oxygen atoms in total. The number of fused-ring (bicyclic) bond motifs is 1. The van der Waals surface area contributed by atoms with Gasteiger partial charge >= 0.3 is 0 Å². The molecule has 0 atom stereocenters. The van der Waals surface area contributed by atoms with Crippen LogP contribution in [-0.4, -0.2) is 38.0 Å². The Balaban J connectivity index is 1.75. The summed E-state index contributed by atoms with van der Waals surface area (Å²) in [6.07, 6.45) is 3.45. The Bertz CT molecular complexity index is 1120. The predicted octanol–water partition coefficient (Wildman–Crippen LogP) is 3.99. The smallest absolute Gasteiger partial charge is 0.243 e. The predicted molar refractivity (Wildman–Crippen MR) is 111 cm³/mol. The van der Waals surface area contributed by atoms with Gasteiger partial charge in [0.1, 0.15) is 6.61 Å². The first-order chi connectivity index (χ1) is 14.0. The molecule has 2 aromatic carbocycles. The van der Waals surface area contributed by atoms with Gasteiger partial charge in [0.15, 0.2) is 11.5 Å². The number of hydrogen-bond donors (Lipinski definition) is 0. The molecule has 2 heterocycles. The summed E-state index contributed by atoms with van der Waals surface area (Å²) in [5, 5.41) is 0.486. The number of ether oxygens (including phenoxy) is 2. The van der Waals surface area contributed by atoms with E-state index in [-0.39, 0.29) is 24.6 Å². The molecule has 0 fully saturated rings. The third-order valence-electron chi connectivity index (χ3n) is 4.73. The highest BCUT2D eigenvalue weighted by atomic mass is 35.5. The molecule has 0 saturated heterocycles. The fraction of sp³-hybridized carbons (Fsp3) is 0.190. The molecular formula is C21H19ClN2O4S. The van der Waals surface area contributed by atoms with Crippen molar-refractivity contribution in [1.29, 1.82) is 0 Å². The van der Waals surface area contributed by atoms with Gasteiger partial charge in [-0.2, -0.15) is 4.31 Å². The first kappa shape index (κ1) is 19.7. The van der Waals surface area contributed by atoms with Crippen LogP contribution < -0.4 is 9.47 Å². The highest BCUT2D eigenvalue weighted by molar-refractivity contribution is 7.89. The molecule has 0 bridgehead atoms. The van der Waals surface area contributed by atoms with Crippen LogP contribution in [0.15, 0.2) is 65.8 Å². The van der Waals surface area contributed by atoms with Crippen LogP contribution in [-0.2, 0) is 16.6 Å². The van der Waals surface area contributed by atoms with E-state index in [9.17, 15) is 8.42 Å². The average molecular weight is 431 g/mol. The summed E-state index contributed by atoms with van der Waals surface area (Å²) in [5.41, 5.74) is 2.52. The van der Waals surface area contributed by atoms with E-state index in [4.69, 9.17) is 21.1 Å². The Hall–Kier alpha value is -2.61. The first-order valence-electron chi connectivity index (χ1n) is 8.99. The average Bonchev–Trinajstić information content (AvgIpc) is 2.97. The van der Waals surface area contributed by atoms with Crippen molar-refractivity contribution in [2.24, 2.45) is 0 Å². The summed E-state index contributed by atoms with van der Waals surface area (Å²) in [6.45, 7) is 0.623. The van der Waals surface area contributed by atoms with Crippen molar-refractivity contribution in [3.05, 3.63) is 71.5 Å². The Morgan fingerprint density at radius 1 is 1.14 bits per heavy atom. The van der Waals surface area contributed by atoms with Gasteiger partial charge in [-0.1, -0.05) is 17.7 Å². The Kier molecular flexibility index (Phi) is 5.45. The summed E-state index contributed by atoms with van der Waals surface area (Å²) in [5.74, 6) is 1.13. The number of rotatable bonds is 4. The number of nitrogens with zero attached hydrogens (tertiary/aromatic N) is 2. The minimum atomic E-state index is -3.70. The molecule has 1 aliphatic heterocycles. The molecule has 29 heavy (non-hydrogen) atoms. The normalized spacial score (nSPS) is 14.6. The number of pyridine rings is 1. The van der Waals surface area contributed by atoms with Gasteiger partial charge in [0.25, 0.3) is 0 Å². The summed E-state index contributed by atoms with van der Waals surface area (Å²) in [4.78, 5) is 4.35. The number of aromatic nitrogens is 1. The third kappa shape index (κ3) is 3.94. The number of sulfonamides is 1. The van der Waals surface area contributed by atoms with Crippen molar-refractivity contribution >= 4 is 21.6 Å². The third-order valence-corrected chi connectivity index (χ3v) is 6.84. The highest BCUT2D eigenvalue weighted by Crippen LogP contribution is 2.39. The van der Waals surface area contributed by atoms with Gasteiger partial charge in [-0.05, 0) is 48.0 Å². The standard InChI is InChI=1S/C21H19ClN2O4S/c1-27-20-12-16(15-3-2-8-23-13-15)11-17-14-24(9-10-28-21(17)20)29(25,26)19-6-4-18(22)5-7-19/h2-8,11-13H,9-10,14H2,1H3. The Morgan fingerprint density at radius 2 is 1.93 bits per heavy atom. The van der Waals surface area contributed by atoms with Gasteiger partial charge in [0.2, 0.25) is 10.0 Å². The topological polar surface area (TPSA) is 68.7 Å². The van der Waals surface area contributed by atoms with E-state index < -0.39 is 10.0 Å². The molecule has 0 aliphatic carbocycles.